The summed E-state index contributed by atoms with van der Waals surface area (Å²) in [6.45, 7) is 1.72. The molecule has 0 fully saturated rings. The van der Waals surface area contributed by atoms with Gasteiger partial charge < -0.3 is 11.1 Å². The molecule has 0 spiro atoms. The molecule has 0 aromatic heterocycles. The molecule has 2 rings (SSSR count). The summed E-state index contributed by atoms with van der Waals surface area (Å²) in [7, 11) is 0. The van der Waals surface area contributed by atoms with Gasteiger partial charge in [-0.05, 0) is 23.8 Å². The largest absolute Gasteiger partial charge is 0.324 e. The number of benzene rings is 2. The minimum atomic E-state index is -0.480. The molecule has 3 N–H and O–H groups in total. The Labute approximate surface area is 127 Å². The van der Waals surface area contributed by atoms with E-state index in [-0.39, 0.29) is 16.6 Å². The number of amides is 1. The van der Waals surface area contributed by atoms with Gasteiger partial charge >= 0.3 is 0 Å². The van der Waals surface area contributed by atoms with Crippen molar-refractivity contribution in [1.82, 2.24) is 0 Å². The van der Waals surface area contributed by atoms with Crippen molar-refractivity contribution in [2.45, 2.75) is 13.0 Å². The van der Waals surface area contributed by atoms with Gasteiger partial charge in [-0.15, -0.1) is 0 Å². The Kier molecular flexibility index (Phi) is 4.94. The first-order valence-corrected chi connectivity index (χ1v) is 6.93. The average Bonchev–Trinajstić information content (AvgIpc) is 2.50. The van der Waals surface area contributed by atoms with Gasteiger partial charge in [-0.1, -0.05) is 48.9 Å². The molecule has 2 atom stereocenters. The van der Waals surface area contributed by atoms with Crippen LogP contribution in [0.15, 0.2) is 48.5 Å². The van der Waals surface area contributed by atoms with E-state index in [4.69, 9.17) is 17.3 Å². The van der Waals surface area contributed by atoms with Crippen LogP contribution in [0.5, 0.6) is 0 Å². The standard InChI is InChI=1S/C16H16ClFN2O/c1-10(15(19)11-5-3-2-4-6-11)16(21)20-14-9-12(18)7-8-13(14)17/h2-10,15H,19H2,1H3,(H,20,21). The van der Waals surface area contributed by atoms with Crippen LogP contribution >= 0.6 is 11.6 Å². The van der Waals surface area contributed by atoms with Crippen molar-refractivity contribution >= 4 is 23.2 Å². The molecule has 0 aliphatic heterocycles. The normalized spacial score (nSPS) is 13.5. The highest BCUT2D eigenvalue weighted by atomic mass is 35.5. The first-order chi connectivity index (χ1) is 9.99. The quantitative estimate of drug-likeness (QED) is 0.903. The molecule has 0 saturated heterocycles. The van der Waals surface area contributed by atoms with E-state index >= 15 is 0 Å². The van der Waals surface area contributed by atoms with Gasteiger partial charge in [-0.25, -0.2) is 4.39 Å². The lowest BCUT2D eigenvalue weighted by Crippen LogP contribution is -2.30. The molecule has 1 amide bonds. The van der Waals surface area contributed by atoms with E-state index in [1.165, 1.54) is 18.2 Å². The smallest absolute Gasteiger partial charge is 0.229 e. The van der Waals surface area contributed by atoms with E-state index < -0.39 is 17.8 Å². The minimum Gasteiger partial charge on any atom is -0.324 e. The number of halogens is 2. The molecule has 3 nitrogen and oxygen atoms in total. The molecule has 0 bridgehead atoms. The van der Waals surface area contributed by atoms with Crippen LogP contribution in [-0.4, -0.2) is 5.91 Å². The fourth-order valence-electron chi connectivity index (χ4n) is 1.97. The molecule has 2 aromatic carbocycles. The summed E-state index contributed by atoms with van der Waals surface area (Å²) < 4.78 is 13.2. The predicted octanol–water partition coefficient (Wildman–Crippen LogP) is 3.75. The number of hydrogen-bond donors (Lipinski definition) is 2. The third-order valence-corrected chi connectivity index (χ3v) is 3.65. The van der Waals surface area contributed by atoms with E-state index in [9.17, 15) is 9.18 Å². The Bertz CT molecular complexity index is 633. The molecule has 2 unspecified atom stereocenters. The van der Waals surface area contributed by atoms with Crippen LogP contribution in [-0.2, 0) is 4.79 Å². The number of carbonyl (C=O) groups is 1. The van der Waals surface area contributed by atoms with Crippen LogP contribution in [0.2, 0.25) is 5.02 Å². The molecular formula is C16H16ClFN2O. The van der Waals surface area contributed by atoms with Crippen LogP contribution in [0.1, 0.15) is 18.5 Å². The Hall–Kier alpha value is -1.91. The molecule has 0 heterocycles. The van der Waals surface area contributed by atoms with E-state index in [0.29, 0.717) is 0 Å². The van der Waals surface area contributed by atoms with Crippen LogP contribution in [0.3, 0.4) is 0 Å². The van der Waals surface area contributed by atoms with E-state index in [1.807, 2.05) is 30.3 Å². The molecule has 2 aromatic rings. The van der Waals surface area contributed by atoms with Crippen molar-refractivity contribution in [3.63, 3.8) is 0 Å². The van der Waals surface area contributed by atoms with E-state index in [0.717, 1.165) is 5.56 Å². The fourth-order valence-corrected chi connectivity index (χ4v) is 2.13. The van der Waals surface area contributed by atoms with Crippen molar-refractivity contribution in [2.24, 2.45) is 11.7 Å². The van der Waals surface area contributed by atoms with Crippen LogP contribution < -0.4 is 11.1 Å². The molecule has 0 saturated carbocycles. The maximum atomic E-state index is 13.2. The Morgan fingerprint density at radius 1 is 1.24 bits per heavy atom. The monoisotopic (exact) mass is 306 g/mol. The molecule has 110 valence electrons. The molecule has 0 aliphatic rings. The average molecular weight is 307 g/mol. The van der Waals surface area contributed by atoms with Gasteiger partial charge in [0.25, 0.3) is 0 Å². The summed E-state index contributed by atoms with van der Waals surface area (Å²) in [6, 6.07) is 12.7. The van der Waals surface area contributed by atoms with E-state index in [2.05, 4.69) is 5.32 Å². The van der Waals surface area contributed by atoms with Gasteiger partial charge in [-0.3, -0.25) is 4.79 Å². The second-order valence-corrected chi connectivity index (χ2v) is 5.25. The Morgan fingerprint density at radius 3 is 2.57 bits per heavy atom. The van der Waals surface area contributed by atoms with Gasteiger partial charge in [0.2, 0.25) is 5.91 Å². The number of hydrogen-bond acceptors (Lipinski definition) is 2. The molecule has 21 heavy (non-hydrogen) atoms. The van der Waals surface area contributed by atoms with Gasteiger partial charge in [0.1, 0.15) is 5.82 Å². The zero-order chi connectivity index (χ0) is 15.4. The highest BCUT2D eigenvalue weighted by molar-refractivity contribution is 6.33. The number of rotatable bonds is 4. The summed E-state index contributed by atoms with van der Waals surface area (Å²) in [6.07, 6.45) is 0. The Morgan fingerprint density at radius 2 is 1.90 bits per heavy atom. The number of anilines is 1. The number of carbonyl (C=O) groups excluding carboxylic acids is 1. The van der Waals surface area contributed by atoms with Gasteiger partial charge in [0, 0.05) is 6.04 Å². The van der Waals surface area contributed by atoms with Crippen molar-refractivity contribution in [2.75, 3.05) is 5.32 Å². The van der Waals surface area contributed by atoms with Gasteiger partial charge in [-0.2, -0.15) is 0 Å². The molecular weight excluding hydrogens is 291 g/mol. The van der Waals surface area contributed by atoms with Crippen LogP contribution in [0, 0.1) is 11.7 Å². The first kappa shape index (κ1) is 15.5. The number of nitrogens with two attached hydrogens (primary N) is 1. The lowest BCUT2D eigenvalue weighted by Gasteiger charge is -2.20. The zero-order valence-electron chi connectivity index (χ0n) is 11.5. The fraction of sp³-hybridized carbons (Fsp3) is 0.188. The van der Waals surface area contributed by atoms with Crippen molar-refractivity contribution < 1.29 is 9.18 Å². The molecule has 0 radical (unpaired) electrons. The lowest BCUT2D eigenvalue weighted by molar-refractivity contribution is -0.120. The molecule has 5 heteroatoms. The second-order valence-electron chi connectivity index (χ2n) is 4.84. The summed E-state index contributed by atoms with van der Waals surface area (Å²) in [5.74, 6) is -1.25. The lowest BCUT2D eigenvalue weighted by atomic mass is 9.94. The Balaban J connectivity index is 2.11. The summed E-state index contributed by atoms with van der Waals surface area (Å²) in [5, 5.41) is 2.89. The highest BCUT2D eigenvalue weighted by Gasteiger charge is 2.22. The van der Waals surface area contributed by atoms with Gasteiger partial charge in [0.05, 0.1) is 16.6 Å². The van der Waals surface area contributed by atoms with Crippen molar-refractivity contribution in [3.05, 3.63) is 64.9 Å². The third-order valence-electron chi connectivity index (χ3n) is 3.32. The van der Waals surface area contributed by atoms with Crippen molar-refractivity contribution in [3.8, 4) is 0 Å². The number of nitrogens with one attached hydrogen (secondary N) is 1. The van der Waals surface area contributed by atoms with Crippen molar-refractivity contribution in [1.29, 1.82) is 0 Å². The maximum Gasteiger partial charge on any atom is 0.229 e. The topological polar surface area (TPSA) is 55.1 Å². The first-order valence-electron chi connectivity index (χ1n) is 6.55. The zero-order valence-corrected chi connectivity index (χ0v) is 12.3. The predicted molar refractivity (Wildman–Crippen MR) is 82.6 cm³/mol. The van der Waals surface area contributed by atoms with Gasteiger partial charge in [0.15, 0.2) is 0 Å². The van der Waals surface area contributed by atoms with Crippen LogP contribution in [0.4, 0.5) is 10.1 Å². The SMILES string of the molecule is CC(C(=O)Nc1cc(F)ccc1Cl)C(N)c1ccccc1. The summed E-state index contributed by atoms with van der Waals surface area (Å²) in [4.78, 5) is 12.2. The second kappa shape index (κ2) is 6.70. The highest BCUT2D eigenvalue weighted by Crippen LogP contribution is 2.25. The van der Waals surface area contributed by atoms with Crippen LogP contribution in [0.25, 0.3) is 0 Å². The molecule has 0 aliphatic carbocycles. The third kappa shape index (κ3) is 3.80. The summed E-state index contributed by atoms with van der Waals surface area (Å²) >= 11 is 5.93. The minimum absolute atomic E-state index is 0.244. The summed E-state index contributed by atoms with van der Waals surface area (Å²) in [5.41, 5.74) is 7.20. The maximum absolute atomic E-state index is 13.2. The van der Waals surface area contributed by atoms with E-state index in [1.54, 1.807) is 6.92 Å².